The SMILES string of the molecule is CC(C)C[C@H](NC(=O)CCC(=O)O[C@@H]1O[C@H]2O[C@]3(C)CC[C@H]4[C@H](C)CC[C@H]([C@@H]1C)[C@@]24OO3)C(=O)N[C@@H](Cc1c[nH]c2ccccc12)C(=O)O. The fourth-order valence-corrected chi connectivity index (χ4v) is 8.37. The van der Waals surface area contributed by atoms with E-state index in [2.05, 4.69) is 22.5 Å². The summed E-state index contributed by atoms with van der Waals surface area (Å²) in [4.78, 5) is 66.7. The maximum atomic E-state index is 13.3. The lowest BCUT2D eigenvalue weighted by molar-refractivity contribution is -0.576. The van der Waals surface area contributed by atoms with Gasteiger partial charge in [0, 0.05) is 48.2 Å². The van der Waals surface area contributed by atoms with Crippen LogP contribution in [0, 0.1) is 29.6 Å². The molecule has 13 heteroatoms. The highest BCUT2D eigenvalue weighted by Gasteiger charge is 2.69. The second-order valence-electron chi connectivity index (χ2n) is 15.0. The number of fused-ring (bicyclic) bond motifs is 3. The van der Waals surface area contributed by atoms with Crippen molar-refractivity contribution in [2.24, 2.45) is 29.6 Å². The minimum atomic E-state index is -1.21. The van der Waals surface area contributed by atoms with Crippen LogP contribution in [0.3, 0.4) is 0 Å². The number of H-pyrrole nitrogens is 1. The Morgan fingerprint density at radius 3 is 2.55 bits per heavy atom. The Balaban J connectivity index is 1.05. The molecular formula is C36H49N3O10. The molecule has 4 aliphatic heterocycles. The lowest BCUT2D eigenvalue weighted by Gasteiger charge is -2.59. The zero-order valence-corrected chi connectivity index (χ0v) is 28.9. The molecule has 2 aromatic rings. The molecule has 0 unspecified atom stereocenters. The molecule has 2 amide bonds. The van der Waals surface area contributed by atoms with Gasteiger partial charge in [-0.3, -0.25) is 14.4 Å². The topological polar surface area (TPSA) is 175 Å². The summed E-state index contributed by atoms with van der Waals surface area (Å²) in [7, 11) is 0. The van der Waals surface area contributed by atoms with Gasteiger partial charge in [0.05, 0.1) is 6.42 Å². The molecule has 2 bridgehead atoms. The van der Waals surface area contributed by atoms with Gasteiger partial charge in [0.15, 0.2) is 11.9 Å². The number of ether oxygens (including phenoxy) is 3. The summed E-state index contributed by atoms with van der Waals surface area (Å²) < 4.78 is 18.5. The van der Waals surface area contributed by atoms with Crippen LogP contribution in [0.5, 0.6) is 0 Å². The van der Waals surface area contributed by atoms with Gasteiger partial charge in [-0.1, -0.05) is 45.9 Å². The number of esters is 1. The molecule has 10 atom stereocenters. The zero-order chi connectivity index (χ0) is 35.1. The van der Waals surface area contributed by atoms with Crippen LogP contribution in [0.15, 0.2) is 30.5 Å². The number of rotatable bonds is 12. The number of carboxylic acids is 1. The summed E-state index contributed by atoms with van der Waals surface area (Å²) in [5.74, 6) is -3.50. The molecule has 1 aromatic heterocycles. The first-order chi connectivity index (χ1) is 23.3. The predicted molar refractivity (Wildman–Crippen MR) is 175 cm³/mol. The number of nitrogens with one attached hydrogen (secondary N) is 3. The Labute approximate surface area is 286 Å². The van der Waals surface area contributed by atoms with Crippen molar-refractivity contribution in [2.45, 2.75) is 122 Å². The average molecular weight is 684 g/mol. The Bertz CT molecular complexity index is 1560. The minimum absolute atomic E-state index is 0.0166. The minimum Gasteiger partial charge on any atom is -0.480 e. The van der Waals surface area contributed by atoms with Gasteiger partial charge in [-0.05, 0) is 62.0 Å². The van der Waals surface area contributed by atoms with Gasteiger partial charge in [-0.25, -0.2) is 14.6 Å². The number of aromatic amines is 1. The molecule has 13 nitrogen and oxygen atoms in total. The molecular weight excluding hydrogens is 634 g/mol. The first kappa shape index (κ1) is 35.3. The van der Waals surface area contributed by atoms with E-state index in [1.54, 1.807) is 6.20 Å². The quantitative estimate of drug-likeness (QED) is 0.186. The molecule has 1 spiro atoms. The van der Waals surface area contributed by atoms with Crippen molar-refractivity contribution in [1.29, 1.82) is 0 Å². The van der Waals surface area contributed by atoms with Crippen molar-refractivity contribution in [2.75, 3.05) is 0 Å². The first-order valence-corrected chi connectivity index (χ1v) is 17.6. The number of amides is 2. The number of para-hydroxylation sites is 1. The third-order valence-corrected chi connectivity index (χ3v) is 11.0. The summed E-state index contributed by atoms with van der Waals surface area (Å²) >= 11 is 0. The Morgan fingerprint density at radius 2 is 1.80 bits per heavy atom. The van der Waals surface area contributed by atoms with Gasteiger partial charge in [-0.15, -0.1) is 0 Å². The number of hydrogen-bond donors (Lipinski definition) is 4. The van der Waals surface area contributed by atoms with E-state index in [1.807, 2.05) is 52.0 Å². The fourth-order valence-electron chi connectivity index (χ4n) is 8.37. The van der Waals surface area contributed by atoms with E-state index in [0.29, 0.717) is 12.3 Å². The van der Waals surface area contributed by atoms with E-state index in [-0.39, 0.29) is 49.4 Å². The van der Waals surface area contributed by atoms with Crippen LogP contribution in [-0.4, -0.2) is 69.9 Å². The number of carboxylic acid groups (broad SMARTS) is 1. The molecule has 49 heavy (non-hydrogen) atoms. The van der Waals surface area contributed by atoms with E-state index in [0.717, 1.165) is 35.7 Å². The van der Waals surface area contributed by atoms with Crippen LogP contribution >= 0.6 is 0 Å². The molecule has 7 rings (SSSR count). The highest BCUT2D eigenvalue weighted by Crippen LogP contribution is 2.60. The predicted octanol–water partition coefficient (Wildman–Crippen LogP) is 4.34. The van der Waals surface area contributed by atoms with Crippen molar-refractivity contribution >= 4 is 34.7 Å². The van der Waals surface area contributed by atoms with Crippen LogP contribution in [0.1, 0.15) is 85.1 Å². The van der Waals surface area contributed by atoms with E-state index >= 15 is 0 Å². The van der Waals surface area contributed by atoms with E-state index in [4.69, 9.17) is 24.0 Å². The van der Waals surface area contributed by atoms with Crippen molar-refractivity contribution < 1.29 is 48.3 Å². The van der Waals surface area contributed by atoms with Gasteiger partial charge in [0.1, 0.15) is 12.1 Å². The van der Waals surface area contributed by atoms with Gasteiger partial charge >= 0.3 is 11.9 Å². The smallest absolute Gasteiger partial charge is 0.326 e. The van der Waals surface area contributed by atoms with Gasteiger partial charge < -0.3 is 34.9 Å². The largest absolute Gasteiger partial charge is 0.480 e. The van der Waals surface area contributed by atoms with Crippen LogP contribution in [0.25, 0.3) is 10.9 Å². The Hall–Kier alpha value is -3.52. The number of benzene rings is 1. The molecule has 4 N–H and O–H groups in total. The zero-order valence-electron chi connectivity index (χ0n) is 28.9. The third kappa shape index (κ3) is 7.08. The number of carbonyl (C=O) groups excluding carboxylic acids is 3. The molecule has 5 aliphatic rings. The van der Waals surface area contributed by atoms with Gasteiger partial charge in [-0.2, -0.15) is 0 Å². The number of aromatic nitrogens is 1. The molecule has 4 saturated heterocycles. The maximum absolute atomic E-state index is 13.3. The molecule has 268 valence electrons. The summed E-state index contributed by atoms with van der Waals surface area (Å²) in [6.45, 7) is 9.83. The van der Waals surface area contributed by atoms with Crippen LogP contribution < -0.4 is 10.6 Å². The molecule has 5 heterocycles. The third-order valence-electron chi connectivity index (χ3n) is 11.0. The van der Waals surface area contributed by atoms with Crippen LogP contribution in [0.2, 0.25) is 0 Å². The highest BCUT2D eigenvalue weighted by atomic mass is 17.3. The second-order valence-corrected chi connectivity index (χ2v) is 15.0. The summed E-state index contributed by atoms with van der Waals surface area (Å²) in [6, 6.07) is 5.32. The Kier molecular flexibility index (Phi) is 10.1. The van der Waals surface area contributed by atoms with Crippen molar-refractivity contribution in [3.05, 3.63) is 36.0 Å². The summed E-state index contributed by atoms with van der Waals surface area (Å²) in [6.07, 6.45) is 3.39. The first-order valence-electron chi connectivity index (χ1n) is 17.6. The van der Waals surface area contributed by atoms with Gasteiger partial charge in [0.2, 0.25) is 23.9 Å². The van der Waals surface area contributed by atoms with Crippen molar-refractivity contribution in [3.8, 4) is 0 Å². The summed E-state index contributed by atoms with van der Waals surface area (Å²) in [5, 5.41) is 16.1. The molecule has 1 aliphatic carbocycles. The van der Waals surface area contributed by atoms with Gasteiger partial charge in [0.25, 0.3) is 0 Å². The monoisotopic (exact) mass is 683 g/mol. The number of carbonyl (C=O) groups is 4. The highest BCUT2D eigenvalue weighted by molar-refractivity contribution is 5.91. The van der Waals surface area contributed by atoms with E-state index < -0.39 is 59.8 Å². The van der Waals surface area contributed by atoms with Crippen LogP contribution in [-0.2, 0) is 49.6 Å². The number of aliphatic carboxylic acids is 1. The molecule has 5 fully saturated rings. The lowest BCUT2D eigenvalue weighted by atomic mass is 9.58. The lowest BCUT2D eigenvalue weighted by Crippen LogP contribution is -2.70. The van der Waals surface area contributed by atoms with Crippen molar-refractivity contribution in [3.63, 3.8) is 0 Å². The maximum Gasteiger partial charge on any atom is 0.326 e. The van der Waals surface area contributed by atoms with E-state index in [9.17, 15) is 24.3 Å². The standard InChI is InChI=1S/C36H49N3O10/c1-19(2)16-27(31(42)39-28(32(43)44)17-22-18-37-26-9-7-6-8-23(22)26)38-29(40)12-13-30(41)45-33-21(4)25-11-10-20(3)24-14-15-35(5)47-34(46-33)36(24,25)49-48-35/h6-9,18-21,24-25,27-28,33-34,37H,10-17H2,1-5H3,(H,38,40)(H,39,42)(H,43,44)/t20-,21+,24+,25-,27+,28+,33-,34+,35+,36-/m1/s1. The second kappa shape index (κ2) is 14.0. The molecule has 1 saturated carbocycles. The fraction of sp³-hybridized carbons (Fsp3) is 0.667. The molecule has 0 radical (unpaired) electrons. The summed E-state index contributed by atoms with van der Waals surface area (Å²) in [5.41, 5.74) is 0.838. The van der Waals surface area contributed by atoms with Crippen LogP contribution in [0.4, 0.5) is 0 Å². The number of hydrogen-bond acceptors (Lipinski definition) is 9. The normalized spacial score (nSPS) is 33.3. The van der Waals surface area contributed by atoms with Crippen molar-refractivity contribution in [1.82, 2.24) is 15.6 Å². The molecule has 1 aromatic carbocycles. The Morgan fingerprint density at radius 1 is 1.02 bits per heavy atom. The van der Waals surface area contributed by atoms with E-state index in [1.165, 1.54) is 0 Å². The average Bonchev–Trinajstić information content (AvgIpc) is 3.32.